The molecule has 28 heavy (non-hydrogen) atoms. The Morgan fingerprint density at radius 1 is 1.07 bits per heavy atom. The van der Waals surface area contributed by atoms with Gasteiger partial charge in [0, 0.05) is 17.1 Å². The molecule has 0 aliphatic rings. The number of hydrogen-bond acceptors (Lipinski definition) is 2. The molecule has 2 aromatic carbocycles. The van der Waals surface area contributed by atoms with Crippen LogP contribution in [0.3, 0.4) is 0 Å². The molecule has 1 amide bonds. The van der Waals surface area contributed by atoms with Crippen molar-refractivity contribution in [3.63, 3.8) is 0 Å². The molecule has 0 bridgehead atoms. The van der Waals surface area contributed by atoms with Gasteiger partial charge in [0.05, 0.1) is 11.8 Å². The van der Waals surface area contributed by atoms with Gasteiger partial charge in [-0.15, -0.1) is 0 Å². The van der Waals surface area contributed by atoms with Gasteiger partial charge in [0.15, 0.2) is 0 Å². The molecule has 0 unspecified atom stereocenters. The fraction of sp³-hybridized carbons (Fsp3) is 0.130. The zero-order chi connectivity index (χ0) is 20.1. The number of hydrazone groups is 1. The molecule has 0 atom stereocenters. The second kappa shape index (κ2) is 8.48. The summed E-state index contributed by atoms with van der Waals surface area (Å²) in [4.78, 5) is 12.5. The van der Waals surface area contributed by atoms with Gasteiger partial charge in [-0.2, -0.15) is 5.10 Å². The minimum Gasteiger partial charge on any atom is -0.318 e. The predicted molar refractivity (Wildman–Crippen MR) is 111 cm³/mol. The number of hydrogen-bond donors (Lipinski definition) is 1. The summed E-state index contributed by atoms with van der Waals surface area (Å²) in [6.45, 7) is 5.68. The third kappa shape index (κ3) is 4.43. The molecule has 3 aromatic rings. The average molecular weight is 375 g/mol. The summed E-state index contributed by atoms with van der Waals surface area (Å²) in [6, 6.07) is 17.9. The minimum absolute atomic E-state index is 0.287. The van der Waals surface area contributed by atoms with Gasteiger partial charge in [0.1, 0.15) is 5.82 Å². The van der Waals surface area contributed by atoms with Gasteiger partial charge < -0.3 is 4.57 Å². The number of carbonyl (C=O) groups excluding carboxylic acids is 1. The second-order valence-electron chi connectivity index (χ2n) is 6.59. The molecule has 0 aliphatic heterocycles. The highest BCUT2D eigenvalue weighted by atomic mass is 19.1. The number of rotatable bonds is 5. The van der Waals surface area contributed by atoms with E-state index in [4.69, 9.17) is 0 Å². The van der Waals surface area contributed by atoms with E-state index in [1.807, 2.05) is 61.7 Å². The first-order valence-electron chi connectivity index (χ1n) is 8.97. The van der Waals surface area contributed by atoms with Crippen LogP contribution in [0.5, 0.6) is 0 Å². The SMILES string of the molecule is CC(=C/c1ccccc1)/C=N/NC(=O)c1cc(C)n(-c2ccc(F)cc2)c1C. The molecule has 1 heterocycles. The lowest BCUT2D eigenvalue weighted by molar-refractivity contribution is 0.0954. The van der Waals surface area contributed by atoms with E-state index in [1.54, 1.807) is 24.4 Å². The standard InChI is InChI=1S/C23H22FN3O/c1-16(13-19-7-5-4-6-8-19)15-25-26-23(28)22-14-17(2)27(18(22)3)21-11-9-20(24)10-12-21/h4-15H,1-3H3,(H,26,28)/b16-13-,25-15+. The van der Waals surface area contributed by atoms with Crippen molar-refractivity contribution in [2.45, 2.75) is 20.8 Å². The van der Waals surface area contributed by atoms with E-state index < -0.39 is 0 Å². The van der Waals surface area contributed by atoms with Crippen LogP contribution in [0, 0.1) is 19.7 Å². The summed E-state index contributed by atoms with van der Waals surface area (Å²) in [5, 5.41) is 4.06. The van der Waals surface area contributed by atoms with Crippen molar-refractivity contribution in [3.8, 4) is 5.69 Å². The number of benzene rings is 2. The molecule has 0 aliphatic carbocycles. The first-order valence-corrected chi connectivity index (χ1v) is 8.97. The number of nitrogens with zero attached hydrogens (tertiary/aromatic N) is 2. The number of aryl methyl sites for hydroxylation is 1. The molecule has 1 aromatic heterocycles. The molecule has 1 N–H and O–H groups in total. The van der Waals surface area contributed by atoms with Crippen molar-refractivity contribution in [3.05, 3.63) is 94.6 Å². The largest absolute Gasteiger partial charge is 0.318 e. The van der Waals surface area contributed by atoms with Crippen LogP contribution >= 0.6 is 0 Å². The maximum Gasteiger partial charge on any atom is 0.273 e. The molecule has 142 valence electrons. The monoisotopic (exact) mass is 375 g/mol. The van der Waals surface area contributed by atoms with Gasteiger partial charge in [-0.25, -0.2) is 9.82 Å². The van der Waals surface area contributed by atoms with Crippen LogP contribution in [0.2, 0.25) is 0 Å². The predicted octanol–water partition coefficient (Wildman–Crippen LogP) is 5.05. The van der Waals surface area contributed by atoms with Crippen molar-refractivity contribution < 1.29 is 9.18 Å². The Labute approximate surface area is 164 Å². The highest BCUT2D eigenvalue weighted by Crippen LogP contribution is 2.21. The van der Waals surface area contributed by atoms with Crippen molar-refractivity contribution in [2.24, 2.45) is 5.10 Å². The normalized spacial score (nSPS) is 11.8. The molecular weight excluding hydrogens is 353 g/mol. The lowest BCUT2D eigenvalue weighted by Gasteiger charge is -2.09. The van der Waals surface area contributed by atoms with E-state index in [9.17, 15) is 9.18 Å². The van der Waals surface area contributed by atoms with Crippen LogP contribution in [0.1, 0.15) is 34.2 Å². The van der Waals surface area contributed by atoms with Gasteiger partial charge in [-0.3, -0.25) is 4.79 Å². The summed E-state index contributed by atoms with van der Waals surface area (Å²) in [6.07, 6.45) is 3.60. The summed E-state index contributed by atoms with van der Waals surface area (Å²) in [7, 11) is 0. The van der Waals surface area contributed by atoms with E-state index in [1.165, 1.54) is 12.1 Å². The number of aromatic nitrogens is 1. The van der Waals surface area contributed by atoms with Gasteiger partial charge >= 0.3 is 0 Å². The molecule has 0 radical (unpaired) electrons. The Balaban J connectivity index is 1.74. The zero-order valence-corrected chi connectivity index (χ0v) is 16.1. The maximum absolute atomic E-state index is 13.2. The fourth-order valence-electron chi connectivity index (χ4n) is 3.08. The Morgan fingerprint density at radius 2 is 1.75 bits per heavy atom. The lowest BCUT2D eigenvalue weighted by Crippen LogP contribution is -2.18. The topological polar surface area (TPSA) is 46.4 Å². The number of amides is 1. The van der Waals surface area contributed by atoms with Crippen molar-refractivity contribution in [1.29, 1.82) is 0 Å². The first kappa shape index (κ1) is 19.3. The Bertz CT molecular complexity index is 1030. The van der Waals surface area contributed by atoms with Crippen LogP contribution in [0.25, 0.3) is 11.8 Å². The zero-order valence-electron chi connectivity index (χ0n) is 16.1. The number of nitrogens with one attached hydrogen (secondary N) is 1. The molecule has 3 rings (SSSR count). The van der Waals surface area contributed by atoms with Gasteiger partial charge in [0.25, 0.3) is 5.91 Å². The van der Waals surface area contributed by atoms with Gasteiger partial charge in [0.2, 0.25) is 0 Å². The lowest BCUT2D eigenvalue weighted by atomic mass is 10.1. The molecule has 0 fully saturated rings. The number of carbonyl (C=O) groups is 1. The Morgan fingerprint density at radius 3 is 2.43 bits per heavy atom. The fourth-order valence-corrected chi connectivity index (χ4v) is 3.08. The van der Waals surface area contributed by atoms with E-state index in [0.29, 0.717) is 5.56 Å². The van der Waals surface area contributed by atoms with Crippen LogP contribution in [0.4, 0.5) is 4.39 Å². The van der Waals surface area contributed by atoms with Gasteiger partial charge in [-0.05, 0) is 62.2 Å². The third-order valence-electron chi connectivity index (χ3n) is 4.39. The van der Waals surface area contributed by atoms with Crippen molar-refractivity contribution >= 4 is 18.2 Å². The molecule has 0 saturated carbocycles. The van der Waals surface area contributed by atoms with E-state index >= 15 is 0 Å². The number of halogens is 1. The second-order valence-corrected chi connectivity index (χ2v) is 6.59. The van der Waals surface area contributed by atoms with E-state index in [0.717, 1.165) is 28.2 Å². The quantitative estimate of drug-likeness (QED) is 0.492. The molecule has 5 heteroatoms. The molecule has 0 spiro atoms. The smallest absolute Gasteiger partial charge is 0.273 e. The van der Waals surface area contributed by atoms with E-state index in [-0.39, 0.29) is 11.7 Å². The third-order valence-corrected chi connectivity index (χ3v) is 4.39. The average Bonchev–Trinajstić information content (AvgIpc) is 2.98. The minimum atomic E-state index is -0.294. The summed E-state index contributed by atoms with van der Waals surface area (Å²) < 4.78 is 15.1. The van der Waals surface area contributed by atoms with E-state index in [2.05, 4.69) is 10.5 Å². The molecule has 4 nitrogen and oxygen atoms in total. The summed E-state index contributed by atoms with van der Waals surface area (Å²) in [5.74, 6) is -0.581. The number of allylic oxidation sites excluding steroid dienone is 1. The molecule has 0 saturated heterocycles. The van der Waals surface area contributed by atoms with Crippen LogP contribution in [-0.2, 0) is 0 Å². The Hall–Kier alpha value is -3.47. The van der Waals surface area contributed by atoms with Crippen LogP contribution in [-0.4, -0.2) is 16.7 Å². The highest BCUT2D eigenvalue weighted by molar-refractivity contribution is 5.96. The Kier molecular flexibility index (Phi) is 5.84. The highest BCUT2D eigenvalue weighted by Gasteiger charge is 2.16. The van der Waals surface area contributed by atoms with Crippen LogP contribution in [0.15, 0.2) is 71.3 Å². The van der Waals surface area contributed by atoms with Crippen molar-refractivity contribution in [1.82, 2.24) is 9.99 Å². The summed E-state index contributed by atoms with van der Waals surface area (Å²) in [5.41, 5.74) is 7.56. The first-order chi connectivity index (χ1) is 13.5. The molecular formula is C23H22FN3O. The summed E-state index contributed by atoms with van der Waals surface area (Å²) >= 11 is 0. The van der Waals surface area contributed by atoms with Gasteiger partial charge in [-0.1, -0.05) is 36.4 Å². The van der Waals surface area contributed by atoms with Crippen molar-refractivity contribution in [2.75, 3.05) is 0 Å². The van der Waals surface area contributed by atoms with Crippen LogP contribution < -0.4 is 5.43 Å². The maximum atomic E-state index is 13.2.